The van der Waals surface area contributed by atoms with Gasteiger partial charge in [-0.05, 0) is 42.9 Å². The highest BCUT2D eigenvalue weighted by Crippen LogP contribution is 2.38. The molecule has 2 aromatic rings. The molecule has 24 heavy (non-hydrogen) atoms. The van der Waals surface area contributed by atoms with Gasteiger partial charge in [0.15, 0.2) is 0 Å². The summed E-state index contributed by atoms with van der Waals surface area (Å²) in [6.45, 7) is 1.72. The molecule has 2 fully saturated rings. The quantitative estimate of drug-likeness (QED) is 0.854. The van der Waals surface area contributed by atoms with Crippen molar-refractivity contribution < 1.29 is 12.8 Å². The van der Waals surface area contributed by atoms with Crippen molar-refractivity contribution in [2.45, 2.75) is 31.2 Å². The minimum absolute atomic E-state index is 0.166. The normalized spacial score (nSPS) is 26.2. The lowest BCUT2D eigenvalue weighted by molar-refractivity contribution is 0.312. The Kier molecular flexibility index (Phi) is 4.20. The van der Waals surface area contributed by atoms with E-state index in [9.17, 15) is 8.42 Å². The summed E-state index contributed by atoms with van der Waals surface area (Å²) in [7, 11) is -3.45. The third-order valence-corrected chi connectivity index (χ3v) is 7.13. The summed E-state index contributed by atoms with van der Waals surface area (Å²) in [6.07, 6.45) is 4.19. The summed E-state index contributed by atoms with van der Waals surface area (Å²) in [5.41, 5.74) is 1.22. The summed E-state index contributed by atoms with van der Waals surface area (Å²) in [5.74, 6) is 1.03. The van der Waals surface area contributed by atoms with Crippen LogP contribution in [0.2, 0.25) is 0 Å². The molecule has 0 bridgehead atoms. The Morgan fingerprint density at radius 1 is 1.00 bits per heavy atom. The van der Waals surface area contributed by atoms with E-state index in [1.54, 1.807) is 14.9 Å². The van der Waals surface area contributed by atoms with Gasteiger partial charge in [0.1, 0.15) is 5.76 Å². The van der Waals surface area contributed by atoms with Crippen LogP contribution in [0.3, 0.4) is 0 Å². The summed E-state index contributed by atoms with van der Waals surface area (Å²) in [6, 6.07) is 13.7. The highest BCUT2D eigenvalue weighted by molar-refractivity contribution is 7.86. The molecule has 0 amide bonds. The van der Waals surface area contributed by atoms with Crippen LogP contribution in [-0.2, 0) is 10.2 Å². The van der Waals surface area contributed by atoms with Gasteiger partial charge < -0.3 is 4.42 Å². The molecular weight excluding hydrogens is 324 g/mol. The molecule has 0 unspecified atom stereocenters. The average molecular weight is 346 g/mol. The average Bonchev–Trinajstić information content (AvgIpc) is 3.35. The molecular formula is C18H22N2O3S. The number of hydrogen-bond acceptors (Lipinski definition) is 3. The molecule has 4 rings (SSSR count). The summed E-state index contributed by atoms with van der Waals surface area (Å²) in [4.78, 5) is 0. The third-order valence-electron chi connectivity index (χ3n) is 5.12. The van der Waals surface area contributed by atoms with E-state index in [1.165, 1.54) is 5.56 Å². The molecule has 2 saturated heterocycles. The van der Waals surface area contributed by atoms with E-state index in [1.807, 2.05) is 30.3 Å². The zero-order valence-electron chi connectivity index (χ0n) is 13.5. The highest BCUT2D eigenvalue weighted by Gasteiger charge is 2.42. The van der Waals surface area contributed by atoms with E-state index in [-0.39, 0.29) is 12.0 Å². The number of furan rings is 1. The maximum atomic E-state index is 13.1. The fourth-order valence-corrected chi connectivity index (χ4v) is 5.76. The Bertz CT molecular complexity index is 774. The Labute approximate surface area is 143 Å². The second-order valence-corrected chi connectivity index (χ2v) is 8.43. The van der Waals surface area contributed by atoms with Crippen molar-refractivity contribution in [3.8, 4) is 0 Å². The van der Waals surface area contributed by atoms with Gasteiger partial charge in [0, 0.05) is 19.6 Å². The SMILES string of the molecule is O=S(=O)(N1CC[C@H](c2ccccc2)C1)N1CCC[C@@H]1c1ccco1. The van der Waals surface area contributed by atoms with Crippen LogP contribution < -0.4 is 0 Å². The first-order chi connectivity index (χ1) is 11.7. The van der Waals surface area contributed by atoms with Crippen molar-refractivity contribution in [1.29, 1.82) is 0 Å². The Morgan fingerprint density at radius 3 is 2.58 bits per heavy atom. The number of nitrogens with zero attached hydrogens (tertiary/aromatic N) is 2. The van der Waals surface area contributed by atoms with Gasteiger partial charge in [-0.1, -0.05) is 30.3 Å². The summed E-state index contributed by atoms with van der Waals surface area (Å²) >= 11 is 0. The van der Waals surface area contributed by atoms with Crippen LogP contribution in [0.15, 0.2) is 53.1 Å². The van der Waals surface area contributed by atoms with E-state index in [0.29, 0.717) is 19.6 Å². The Morgan fingerprint density at radius 2 is 1.83 bits per heavy atom. The zero-order chi connectivity index (χ0) is 16.6. The molecule has 0 radical (unpaired) electrons. The molecule has 5 nitrogen and oxygen atoms in total. The standard InChI is InChI=1S/C18H22N2O3S/c21-24(22,20-11-4-8-17(20)18-9-5-13-23-18)19-12-10-16(14-19)15-6-2-1-3-7-15/h1-3,5-7,9,13,16-17H,4,8,10-12,14H2/t16-,17+/m0/s1. The van der Waals surface area contributed by atoms with Crippen LogP contribution >= 0.6 is 0 Å². The van der Waals surface area contributed by atoms with Gasteiger partial charge >= 0.3 is 0 Å². The lowest BCUT2D eigenvalue weighted by Crippen LogP contribution is -2.42. The number of hydrogen-bond donors (Lipinski definition) is 0. The molecule has 0 aliphatic carbocycles. The largest absolute Gasteiger partial charge is 0.468 e. The highest BCUT2D eigenvalue weighted by atomic mass is 32.2. The van der Waals surface area contributed by atoms with Crippen molar-refractivity contribution in [3.63, 3.8) is 0 Å². The number of benzene rings is 1. The van der Waals surface area contributed by atoms with Crippen molar-refractivity contribution in [2.24, 2.45) is 0 Å². The van der Waals surface area contributed by atoms with Gasteiger partial charge in [0.05, 0.1) is 12.3 Å². The van der Waals surface area contributed by atoms with E-state index >= 15 is 0 Å². The fourth-order valence-electron chi connectivity index (χ4n) is 3.86. The van der Waals surface area contributed by atoms with Crippen LogP contribution in [0, 0.1) is 0 Å². The predicted octanol–water partition coefficient (Wildman–Crippen LogP) is 3.15. The molecule has 2 aliphatic heterocycles. The number of rotatable bonds is 4. The maximum Gasteiger partial charge on any atom is 0.282 e. The second-order valence-electron chi connectivity index (χ2n) is 6.55. The first-order valence-corrected chi connectivity index (χ1v) is 9.91. The topological polar surface area (TPSA) is 53.8 Å². The molecule has 6 heteroatoms. The molecule has 128 valence electrons. The fraction of sp³-hybridized carbons (Fsp3) is 0.444. The zero-order valence-corrected chi connectivity index (χ0v) is 14.4. The molecule has 3 heterocycles. The third kappa shape index (κ3) is 2.79. The minimum Gasteiger partial charge on any atom is -0.468 e. The van der Waals surface area contributed by atoms with Gasteiger partial charge in [-0.3, -0.25) is 0 Å². The van der Waals surface area contributed by atoms with Crippen LogP contribution in [-0.4, -0.2) is 36.7 Å². The lowest BCUT2D eigenvalue weighted by atomic mass is 9.99. The molecule has 0 N–H and O–H groups in total. The van der Waals surface area contributed by atoms with Crippen LogP contribution in [0.4, 0.5) is 0 Å². The maximum absolute atomic E-state index is 13.1. The van der Waals surface area contributed by atoms with E-state index in [2.05, 4.69) is 12.1 Å². The molecule has 1 aromatic heterocycles. The van der Waals surface area contributed by atoms with Crippen molar-refractivity contribution >= 4 is 10.2 Å². The first-order valence-electron chi connectivity index (χ1n) is 8.51. The van der Waals surface area contributed by atoms with Gasteiger partial charge in [0.25, 0.3) is 10.2 Å². The van der Waals surface area contributed by atoms with E-state index in [0.717, 1.165) is 25.0 Å². The van der Waals surface area contributed by atoms with Gasteiger partial charge in [-0.2, -0.15) is 17.0 Å². The summed E-state index contributed by atoms with van der Waals surface area (Å²) < 4.78 is 35.0. The van der Waals surface area contributed by atoms with Gasteiger partial charge in [-0.25, -0.2) is 0 Å². The van der Waals surface area contributed by atoms with Crippen molar-refractivity contribution in [2.75, 3.05) is 19.6 Å². The van der Waals surface area contributed by atoms with Crippen LogP contribution in [0.25, 0.3) is 0 Å². The van der Waals surface area contributed by atoms with Crippen molar-refractivity contribution in [3.05, 3.63) is 60.1 Å². The monoisotopic (exact) mass is 346 g/mol. The summed E-state index contributed by atoms with van der Waals surface area (Å²) in [5, 5.41) is 0. The smallest absolute Gasteiger partial charge is 0.282 e. The second kappa shape index (κ2) is 6.35. The van der Waals surface area contributed by atoms with Crippen LogP contribution in [0.5, 0.6) is 0 Å². The van der Waals surface area contributed by atoms with E-state index in [4.69, 9.17) is 4.42 Å². The first kappa shape index (κ1) is 15.9. The van der Waals surface area contributed by atoms with Crippen molar-refractivity contribution in [1.82, 2.24) is 8.61 Å². The molecule has 1 aromatic carbocycles. The van der Waals surface area contributed by atoms with Gasteiger partial charge in [0.2, 0.25) is 0 Å². The molecule has 2 aliphatic rings. The molecule has 0 saturated carbocycles. The Hall–Kier alpha value is -1.63. The lowest BCUT2D eigenvalue weighted by Gasteiger charge is -2.27. The Balaban J connectivity index is 1.53. The predicted molar refractivity (Wildman–Crippen MR) is 91.7 cm³/mol. The van der Waals surface area contributed by atoms with Gasteiger partial charge in [-0.15, -0.1) is 0 Å². The molecule has 2 atom stereocenters. The molecule has 0 spiro atoms. The van der Waals surface area contributed by atoms with Crippen LogP contribution in [0.1, 0.15) is 42.5 Å². The van der Waals surface area contributed by atoms with E-state index < -0.39 is 10.2 Å². The minimum atomic E-state index is -3.45.